The third kappa shape index (κ3) is 8.48. The molecule has 2 aliphatic heterocycles. The molecule has 0 unspecified atom stereocenters. The van der Waals surface area contributed by atoms with Crippen LogP contribution in [0.5, 0.6) is 5.75 Å². The van der Waals surface area contributed by atoms with Crippen molar-refractivity contribution in [3.8, 4) is 5.75 Å². The van der Waals surface area contributed by atoms with Crippen LogP contribution in [0.1, 0.15) is 37.3 Å². The summed E-state index contributed by atoms with van der Waals surface area (Å²) < 4.78 is 20.1. The number of carbonyl (C=O) groups excluding carboxylic acids is 1. The highest BCUT2D eigenvalue weighted by Gasteiger charge is 2.35. The molecule has 2 saturated heterocycles. The summed E-state index contributed by atoms with van der Waals surface area (Å²) in [5.41, 5.74) is 7.96. The Hall–Kier alpha value is -2.52. The number of carbonyl (C=O) groups is 1. The number of amides is 1. The van der Waals surface area contributed by atoms with Gasteiger partial charge in [-0.05, 0) is 68.8 Å². The molecule has 4 rings (SSSR count). The summed E-state index contributed by atoms with van der Waals surface area (Å²) in [6.45, 7) is 10.6. The predicted octanol–water partition coefficient (Wildman–Crippen LogP) is 3.13. The standard InChI is InChI=1S/C31H46FN5O2/c1-2-39-29-10-6-9-28(32)27(29)23-36-19-21-37(22-20-36)30(38)24-35-17-13-31(14-18-35,25-34-16-15-33)12-11-26-7-4-3-5-8-26/h3-10,34H,2,11-25,33H2,1H3. The second-order valence-corrected chi connectivity index (χ2v) is 11.0. The number of nitrogens with two attached hydrogens (primary N) is 1. The molecule has 39 heavy (non-hydrogen) atoms. The molecular formula is C31H46FN5O2. The number of benzene rings is 2. The van der Waals surface area contributed by atoms with Crippen molar-refractivity contribution in [3.63, 3.8) is 0 Å². The van der Waals surface area contributed by atoms with Gasteiger partial charge >= 0.3 is 0 Å². The van der Waals surface area contributed by atoms with E-state index in [0.717, 1.165) is 65.0 Å². The van der Waals surface area contributed by atoms with Crippen molar-refractivity contribution in [3.05, 3.63) is 65.5 Å². The second-order valence-electron chi connectivity index (χ2n) is 11.0. The minimum atomic E-state index is -0.234. The van der Waals surface area contributed by atoms with Crippen LogP contribution in [0.15, 0.2) is 48.5 Å². The average molecular weight is 540 g/mol. The molecule has 2 aliphatic rings. The van der Waals surface area contributed by atoms with Crippen molar-refractivity contribution >= 4 is 5.91 Å². The number of ether oxygens (including phenoxy) is 1. The molecule has 0 bridgehead atoms. The summed E-state index contributed by atoms with van der Waals surface area (Å²) >= 11 is 0. The quantitative estimate of drug-likeness (QED) is 0.381. The van der Waals surface area contributed by atoms with Gasteiger partial charge in [0.25, 0.3) is 0 Å². The Morgan fingerprint density at radius 3 is 2.44 bits per heavy atom. The van der Waals surface area contributed by atoms with Crippen LogP contribution in [0, 0.1) is 11.2 Å². The fourth-order valence-electron chi connectivity index (χ4n) is 5.86. The zero-order valence-electron chi connectivity index (χ0n) is 23.5. The van der Waals surface area contributed by atoms with Crippen molar-refractivity contribution < 1.29 is 13.9 Å². The Morgan fingerprint density at radius 1 is 1.00 bits per heavy atom. The molecule has 0 radical (unpaired) electrons. The lowest BCUT2D eigenvalue weighted by molar-refractivity contribution is -0.134. The smallest absolute Gasteiger partial charge is 0.236 e. The zero-order chi connectivity index (χ0) is 27.5. The summed E-state index contributed by atoms with van der Waals surface area (Å²) in [5.74, 6) is 0.579. The predicted molar refractivity (Wildman–Crippen MR) is 154 cm³/mol. The van der Waals surface area contributed by atoms with E-state index in [1.807, 2.05) is 17.9 Å². The molecule has 0 spiro atoms. The molecule has 3 N–H and O–H groups in total. The molecule has 2 aromatic rings. The number of rotatable bonds is 13. The van der Waals surface area contributed by atoms with Crippen LogP contribution in [0.25, 0.3) is 0 Å². The number of hydrogen-bond donors (Lipinski definition) is 2. The van der Waals surface area contributed by atoms with E-state index in [1.165, 1.54) is 11.6 Å². The van der Waals surface area contributed by atoms with Crippen LogP contribution in [-0.4, -0.2) is 92.7 Å². The molecule has 0 aliphatic carbocycles. The third-order valence-corrected chi connectivity index (χ3v) is 8.37. The van der Waals surface area contributed by atoms with Crippen LogP contribution >= 0.6 is 0 Å². The first-order valence-electron chi connectivity index (χ1n) is 14.6. The van der Waals surface area contributed by atoms with Gasteiger partial charge in [-0.25, -0.2) is 4.39 Å². The van der Waals surface area contributed by atoms with Crippen LogP contribution in [0.4, 0.5) is 4.39 Å². The van der Waals surface area contributed by atoms with E-state index in [2.05, 4.69) is 45.4 Å². The summed E-state index contributed by atoms with van der Waals surface area (Å²) in [7, 11) is 0. The Morgan fingerprint density at radius 2 is 1.74 bits per heavy atom. The number of hydrogen-bond acceptors (Lipinski definition) is 6. The average Bonchev–Trinajstić information content (AvgIpc) is 2.96. The molecule has 214 valence electrons. The van der Waals surface area contributed by atoms with Gasteiger partial charge in [-0.2, -0.15) is 0 Å². The molecular weight excluding hydrogens is 493 g/mol. The Bertz CT molecular complexity index is 1020. The minimum absolute atomic E-state index is 0.202. The fraction of sp³-hybridized carbons (Fsp3) is 0.581. The molecule has 0 saturated carbocycles. The van der Waals surface area contributed by atoms with Crippen molar-refractivity contribution in [1.29, 1.82) is 0 Å². The van der Waals surface area contributed by atoms with E-state index in [1.54, 1.807) is 6.07 Å². The van der Waals surface area contributed by atoms with Crippen molar-refractivity contribution in [2.75, 3.05) is 72.1 Å². The maximum absolute atomic E-state index is 14.5. The summed E-state index contributed by atoms with van der Waals surface area (Å²) in [6, 6.07) is 15.7. The first-order chi connectivity index (χ1) is 19.0. The number of piperazine rings is 1. The summed E-state index contributed by atoms with van der Waals surface area (Å²) in [6.07, 6.45) is 4.39. The van der Waals surface area contributed by atoms with Crippen LogP contribution in [-0.2, 0) is 17.8 Å². The van der Waals surface area contributed by atoms with Gasteiger partial charge in [0.1, 0.15) is 11.6 Å². The number of likely N-dealkylation sites (tertiary alicyclic amines) is 1. The van der Waals surface area contributed by atoms with Gasteiger partial charge in [-0.15, -0.1) is 0 Å². The maximum atomic E-state index is 14.5. The van der Waals surface area contributed by atoms with E-state index >= 15 is 0 Å². The number of piperidine rings is 1. The van der Waals surface area contributed by atoms with E-state index in [-0.39, 0.29) is 17.1 Å². The molecule has 2 heterocycles. The molecule has 1 amide bonds. The molecule has 8 heteroatoms. The number of aryl methyl sites for hydroxylation is 1. The maximum Gasteiger partial charge on any atom is 0.236 e. The highest BCUT2D eigenvalue weighted by molar-refractivity contribution is 5.78. The number of nitrogens with one attached hydrogen (secondary N) is 1. The molecule has 2 fully saturated rings. The molecule has 7 nitrogen and oxygen atoms in total. The van der Waals surface area contributed by atoms with Gasteiger partial charge < -0.3 is 20.7 Å². The van der Waals surface area contributed by atoms with Crippen molar-refractivity contribution in [2.45, 2.75) is 39.2 Å². The van der Waals surface area contributed by atoms with Crippen molar-refractivity contribution in [2.24, 2.45) is 11.1 Å². The monoisotopic (exact) mass is 539 g/mol. The molecule has 0 aromatic heterocycles. The van der Waals surface area contributed by atoms with Gasteiger partial charge in [-0.3, -0.25) is 14.6 Å². The van der Waals surface area contributed by atoms with E-state index in [4.69, 9.17) is 10.5 Å². The lowest BCUT2D eigenvalue weighted by atomic mass is 9.74. The summed E-state index contributed by atoms with van der Waals surface area (Å²) in [5, 5.41) is 3.57. The van der Waals surface area contributed by atoms with Crippen molar-refractivity contribution in [1.82, 2.24) is 20.0 Å². The minimum Gasteiger partial charge on any atom is -0.493 e. The molecule has 2 aromatic carbocycles. The number of halogens is 1. The Kier molecular flexibility index (Phi) is 11.1. The first kappa shape index (κ1) is 29.5. The largest absolute Gasteiger partial charge is 0.493 e. The van der Waals surface area contributed by atoms with Crippen LogP contribution in [0.3, 0.4) is 0 Å². The fourth-order valence-corrected chi connectivity index (χ4v) is 5.86. The second kappa shape index (κ2) is 14.7. The molecule has 0 atom stereocenters. The summed E-state index contributed by atoms with van der Waals surface area (Å²) in [4.78, 5) is 19.7. The third-order valence-electron chi connectivity index (χ3n) is 8.37. The lowest BCUT2D eigenvalue weighted by Crippen LogP contribution is -2.53. The Labute approximate surface area is 233 Å². The van der Waals surface area contributed by atoms with E-state index in [9.17, 15) is 9.18 Å². The van der Waals surface area contributed by atoms with E-state index < -0.39 is 0 Å². The zero-order valence-corrected chi connectivity index (χ0v) is 23.5. The Balaban J connectivity index is 1.24. The van der Waals surface area contributed by atoms with Crippen LogP contribution in [0.2, 0.25) is 0 Å². The topological polar surface area (TPSA) is 74.1 Å². The van der Waals surface area contributed by atoms with Gasteiger partial charge in [0.05, 0.1) is 13.2 Å². The van der Waals surface area contributed by atoms with Gasteiger partial charge in [0, 0.05) is 57.9 Å². The van der Waals surface area contributed by atoms with Gasteiger partial charge in [-0.1, -0.05) is 36.4 Å². The number of nitrogens with zero attached hydrogens (tertiary/aromatic N) is 3. The van der Waals surface area contributed by atoms with Crippen LogP contribution < -0.4 is 15.8 Å². The van der Waals surface area contributed by atoms with E-state index in [0.29, 0.717) is 50.6 Å². The highest BCUT2D eigenvalue weighted by atomic mass is 19.1. The first-order valence-corrected chi connectivity index (χ1v) is 14.6. The normalized spacial score (nSPS) is 18.3. The SMILES string of the molecule is CCOc1cccc(F)c1CN1CCN(C(=O)CN2CCC(CCc3ccccc3)(CNCCN)CC2)CC1. The highest BCUT2D eigenvalue weighted by Crippen LogP contribution is 2.36. The van der Waals surface area contributed by atoms with Gasteiger partial charge in [0.2, 0.25) is 5.91 Å². The lowest BCUT2D eigenvalue weighted by Gasteiger charge is -2.43. The van der Waals surface area contributed by atoms with Gasteiger partial charge in [0.15, 0.2) is 0 Å².